The van der Waals surface area contributed by atoms with Crippen LogP contribution in [0.4, 0.5) is 0 Å². The normalized spacial score (nSPS) is 11.5. The van der Waals surface area contributed by atoms with Gasteiger partial charge in [0.25, 0.3) is 0 Å². The third-order valence-electron chi connectivity index (χ3n) is 4.29. The van der Waals surface area contributed by atoms with Gasteiger partial charge in [0.2, 0.25) is 10.0 Å². The highest BCUT2D eigenvalue weighted by Gasteiger charge is 2.15. The van der Waals surface area contributed by atoms with Gasteiger partial charge in [-0.3, -0.25) is 9.59 Å². The number of aliphatic carboxylic acids is 1. The summed E-state index contributed by atoms with van der Waals surface area (Å²) in [6.45, 7) is 4.51. The molecule has 33 heavy (non-hydrogen) atoms. The first-order valence-corrected chi connectivity index (χ1v) is 12.2. The molecular weight excluding hydrogens is 470 g/mol. The van der Waals surface area contributed by atoms with Gasteiger partial charge in [0.15, 0.2) is 17.3 Å². The van der Waals surface area contributed by atoms with Crippen LogP contribution in [-0.4, -0.2) is 45.0 Å². The van der Waals surface area contributed by atoms with Crippen molar-refractivity contribution in [3.8, 4) is 11.5 Å². The molecule has 0 aliphatic heterocycles. The van der Waals surface area contributed by atoms with E-state index in [0.717, 1.165) is 6.42 Å². The van der Waals surface area contributed by atoms with Crippen LogP contribution in [-0.2, 0) is 14.8 Å². The molecule has 2 N–H and O–H groups in total. The van der Waals surface area contributed by atoms with Gasteiger partial charge in [-0.25, -0.2) is 13.1 Å². The first kappa shape index (κ1) is 26.4. The summed E-state index contributed by atoms with van der Waals surface area (Å²) in [4.78, 5) is 23.0. The lowest BCUT2D eigenvalue weighted by Crippen LogP contribution is -2.26. The van der Waals surface area contributed by atoms with Gasteiger partial charge < -0.3 is 14.6 Å². The SMILES string of the molecule is CCCOc1c(Cl)cc(/C=C/C(=O)c2ccc(S(=O)(=O)NCCC(=O)O)cc2)cc1OCC. The highest BCUT2D eigenvalue weighted by Crippen LogP contribution is 2.37. The number of ketones is 1. The van der Waals surface area contributed by atoms with Crippen LogP contribution in [0, 0.1) is 0 Å². The number of ether oxygens (including phenoxy) is 2. The van der Waals surface area contributed by atoms with E-state index in [0.29, 0.717) is 35.3 Å². The molecule has 0 heterocycles. The molecule has 2 aromatic rings. The Morgan fingerprint density at radius 3 is 2.42 bits per heavy atom. The van der Waals surface area contributed by atoms with E-state index < -0.39 is 16.0 Å². The topological polar surface area (TPSA) is 119 Å². The Morgan fingerprint density at radius 2 is 1.82 bits per heavy atom. The van der Waals surface area contributed by atoms with E-state index in [2.05, 4.69) is 4.72 Å². The van der Waals surface area contributed by atoms with Crippen molar-refractivity contribution in [2.24, 2.45) is 0 Å². The molecule has 178 valence electrons. The van der Waals surface area contributed by atoms with Gasteiger partial charge >= 0.3 is 5.97 Å². The van der Waals surface area contributed by atoms with Gasteiger partial charge in [-0.05, 0) is 61.4 Å². The monoisotopic (exact) mass is 495 g/mol. The lowest BCUT2D eigenvalue weighted by molar-refractivity contribution is -0.136. The predicted molar refractivity (Wildman–Crippen MR) is 126 cm³/mol. The summed E-state index contributed by atoms with van der Waals surface area (Å²) in [5.41, 5.74) is 0.928. The van der Waals surface area contributed by atoms with Gasteiger partial charge in [-0.2, -0.15) is 0 Å². The molecular formula is C23H26ClNO7S. The lowest BCUT2D eigenvalue weighted by atomic mass is 10.1. The maximum Gasteiger partial charge on any atom is 0.304 e. The molecule has 0 amide bonds. The molecule has 10 heteroatoms. The van der Waals surface area contributed by atoms with E-state index >= 15 is 0 Å². The summed E-state index contributed by atoms with van der Waals surface area (Å²) in [5, 5.41) is 8.98. The minimum absolute atomic E-state index is 0.0655. The number of hydrogen-bond donors (Lipinski definition) is 2. The van der Waals surface area contributed by atoms with E-state index in [1.807, 2.05) is 13.8 Å². The second kappa shape index (κ2) is 12.4. The fourth-order valence-corrected chi connectivity index (χ4v) is 4.04. The van der Waals surface area contributed by atoms with E-state index in [1.165, 1.54) is 30.3 Å². The number of carboxylic acid groups (broad SMARTS) is 1. The van der Waals surface area contributed by atoms with Gasteiger partial charge in [-0.15, -0.1) is 0 Å². The highest BCUT2D eigenvalue weighted by molar-refractivity contribution is 7.89. The van der Waals surface area contributed by atoms with E-state index in [-0.39, 0.29) is 29.2 Å². The second-order valence-electron chi connectivity index (χ2n) is 6.87. The smallest absolute Gasteiger partial charge is 0.304 e. The number of halogens is 1. The molecule has 0 aliphatic carbocycles. The molecule has 0 aliphatic rings. The number of hydrogen-bond acceptors (Lipinski definition) is 6. The molecule has 0 bridgehead atoms. The summed E-state index contributed by atoms with van der Waals surface area (Å²) in [5.74, 6) is -0.505. The average molecular weight is 496 g/mol. The molecule has 0 saturated heterocycles. The van der Waals surface area contributed by atoms with E-state index in [1.54, 1.807) is 18.2 Å². The Hall–Kier alpha value is -2.88. The van der Waals surface area contributed by atoms with Crippen LogP contribution in [0.2, 0.25) is 5.02 Å². The number of nitrogens with one attached hydrogen (secondary N) is 1. The van der Waals surface area contributed by atoms with Crippen molar-refractivity contribution in [3.63, 3.8) is 0 Å². The third-order valence-corrected chi connectivity index (χ3v) is 6.05. The van der Waals surface area contributed by atoms with Gasteiger partial charge in [0.05, 0.1) is 29.6 Å². The maximum atomic E-state index is 12.5. The lowest BCUT2D eigenvalue weighted by Gasteiger charge is -2.14. The molecule has 0 unspecified atom stereocenters. The zero-order chi connectivity index (χ0) is 24.4. The van der Waals surface area contributed by atoms with Crippen LogP contribution >= 0.6 is 11.6 Å². The number of rotatable bonds is 13. The van der Waals surface area contributed by atoms with Crippen LogP contribution in [0.5, 0.6) is 11.5 Å². The molecule has 0 fully saturated rings. The van der Waals surface area contributed by atoms with Crippen LogP contribution in [0.25, 0.3) is 6.08 Å². The van der Waals surface area contributed by atoms with Crippen LogP contribution in [0.1, 0.15) is 42.6 Å². The molecule has 2 aromatic carbocycles. The fourth-order valence-electron chi connectivity index (χ4n) is 2.73. The quantitative estimate of drug-likeness (QED) is 0.316. The Kier molecular flexibility index (Phi) is 9.90. The molecule has 2 rings (SSSR count). The van der Waals surface area contributed by atoms with Crippen molar-refractivity contribution in [2.75, 3.05) is 19.8 Å². The summed E-state index contributed by atoms with van der Waals surface area (Å²) in [7, 11) is -3.86. The average Bonchev–Trinajstić information content (AvgIpc) is 2.77. The Bertz CT molecular complexity index is 1110. The fraction of sp³-hybridized carbons (Fsp3) is 0.304. The molecule has 8 nitrogen and oxygen atoms in total. The first-order valence-electron chi connectivity index (χ1n) is 10.3. The Labute approximate surface area is 198 Å². The minimum Gasteiger partial charge on any atom is -0.490 e. The van der Waals surface area contributed by atoms with Crippen molar-refractivity contribution in [3.05, 3.63) is 58.6 Å². The highest BCUT2D eigenvalue weighted by atomic mass is 35.5. The first-order chi connectivity index (χ1) is 15.7. The molecule has 0 radical (unpaired) electrons. The Balaban J connectivity index is 2.14. The molecule has 0 spiro atoms. The predicted octanol–water partition coefficient (Wildman–Crippen LogP) is 4.18. The largest absolute Gasteiger partial charge is 0.490 e. The maximum absolute atomic E-state index is 12.5. The standard InChI is InChI=1S/C23H26ClNO7S/c1-3-13-32-23-19(24)14-16(15-21(23)31-4-2)5-10-20(26)17-6-8-18(9-7-17)33(29,30)25-12-11-22(27)28/h5-10,14-15,25H,3-4,11-13H2,1-2H3,(H,27,28)/b10-5+. The zero-order valence-electron chi connectivity index (χ0n) is 18.3. The number of sulfonamides is 1. The van der Waals surface area contributed by atoms with Gasteiger partial charge in [0, 0.05) is 12.1 Å². The molecule has 0 saturated carbocycles. The van der Waals surface area contributed by atoms with Crippen LogP contribution < -0.4 is 14.2 Å². The van der Waals surface area contributed by atoms with E-state index in [9.17, 15) is 18.0 Å². The number of benzene rings is 2. The number of allylic oxidation sites excluding steroid dienone is 1. The van der Waals surface area contributed by atoms with E-state index in [4.69, 9.17) is 26.2 Å². The van der Waals surface area contributed by atoms with Gasteiger partial charge in [0.1, 0.15) is 0 Å². The summed E-state index contributed by atoms with van der Waals surface area (Å²) < 4.78 is 37.8. The van der Waals surface area contributed by atoms with Crippen molar-refractivity contribution in [2.45, 2.75) is 31.6 Å². The van der Waals surface area contributed by atoms with Crippen molar-refractivity contribution in [1.29, 1.82) is 0 Å². The third kappa shape index (κ3) is 7.88. The van der Waals surface area contributed by atoms with Crippen molar-refractivity contribution in [1.82, 2.24) is 4.72 Å². The van der Waals surface area contributed by atoms with Crippen LogP contribution in [0.3, 0.4) is 0 Å². The number of carboxylic acids is 1. The number of carbonyl (C=O) groups excluding carboxylic acids is 1. The van der Waals surface area contributed by atoms with Crippen molar-refractivity contribution >= 4 is 39.5 Å². The Morgan fingerprint density at radius 1 is 1.12 bits per heavy atom. The molecule has 0 aromatic heterocycles. The second-order valence-corrected chi connectivity index (χ2v) is 9.05. The zero-order valence-corrected chi connectivity index (χ0v) is 19.9. The summed E-state index contributed by atoms with van der Waals surface area (Å²) in [6, 6.07) is 8.74. The summed E-state index contributed by atoms with van der Waals surface area (Å²) in [6.07, 6.45) is 3.42. The van der Waals surface area contributed by atoms with Crippen LogP contribution in [0.15, 0.2) is 47.4 Å². The van der Waals surface area contributed by atoms with Gasteiger partial charge in [-0.1, -0.05) is 24.6 Å². The summed E-state index contributed by atoms with van der Waals surface area (Å²) >= 11 is 6.33. The minimum atomic E-state index is -3.86. The van der Waals surface area contributed by atoms with Crippen molar-refractivity contribution < 1.29 is 32.6 Å². The molecule has 0 atom stereocenters. The number of carbonyl (C=O) groups is 2.